The third-order valence-electron chi connectivity index (χ3n) is 2.72. The summed E-state index contributed by atoms with van der Waals surface area (Å²) in [5.74, 6) is -0.714. The summed E-state index contributed by atoms with van der Waals surface area (Å²) in [6.45, 7) is 3.86. The van der Waals surface area contributed by atoms with Crippen molar-refractivity contribution >= 4 is 11.7 Å². The lowest BCUT2D eigenvalue weighted by molar-refractivity contribution is 0.0686. The zero-order valence-electron chi connectivity index (χ0n) is 9.52. The van der Waals surface area contributed by atoms with Gasteiger partial charge in [-0.05, 0) is 37.1 Å². The van der Waals surface area contributed by atoms with Crippen molar-refractivity contribution in [3.05, 3.63) is 35.0 Å². The molecule has 0 fully saturated rings. The average molecular weight is 232 g/mol. The molecule has 0 saturated carbocycles. The van der Waals surface area contributed by atoms with Crippen LogP contribution in [-0.4, -0.2) is 16.2 Å². The normalized spacial score (nSPS) is 10.5. The molecule has 0 saturated heterocycles. The molecule has 0 aliphatic heterocycles. The van der Waals surface area contributed by atoms with Crippen molar-refractivity contribution in [1.82, 2.24) is 5.16 Å². The largest absolute Gasteiger partial charge is 0.476 e. The second kappa shape index (κ2) is 3.93. The lowest BCUT2D eigenvalue weighted by atomic mass is 10.0. The number of anilines is 1. The molecule has 3 N–H and O–H groups in total. The number of nitrogens with two attached hydrogens (primary N) is 1. The van der Waals surface area contributed by atoms with E-state index in [2.05, 4.69) is 5.16 Å². The molecule has 5 nitrogen and oxygen atoms in total. The van der Waals surface area contributed by atoms with Gasteiger partial charge in [0, 0.05) is 17.3 Å². The molecule has 0 bridgehead atoms. The summed E-state index contributed by atoms with van der Waals surface area (Å²) in [5, 5.41) is 12.2. The third kappa shape index (κ3) is 1.99. The number of aryl methyl sites for hydroxylation is 1. The number of aromatic carboxylic acids is 1. The van der Waals surface area contributed by atoms with Gasteiger partial charge in [0.25, 0.3) is 0 Å². The van der Waals surface area contributed by atoms with Crippen LogP contribution in [0.15, 0.2) is 22.7 Å². The number of carboxylic acid groups (broad SMARTS) is 1. The van der Waals surface area contributed by atoms with E-state index in [0.29, 0.717) is 11.4 Å². The van der Waals surface area contributed by atoms with Crippen LogP contribution >= 0.6 is 0 Å². The number of nitrogen functional groups attached to an aromatic ring is 1. The smallest absolute Gasteiger partial charge is 0.358 e. The van der Waals surface area contributed by atoms with Crippen LogP contribution in [0.1, 0.15) is 21.6 Å². The fourth-order valence-corrected chi connectivity index (χ4v) is 1.54. The van der Waals surface area contributed by atoms with E-state index in [1.54, 1.807) is 6.07 Å². The number of hydrogen-bond acceptors (Lipinski definition) is 4. The van der Waals surface area contributed by atoms with E-state index >= 15 is 0 Å². The lowest BCUT2D eigenvalue weighted by Crippen LogP contribution is -1.95. The molecule has 0 aliphatic carbocycles. The molecule has 0 radical (unpaired) electrons. The van der Waals surface area contributed by atoms with Crippen molar-refractivity contribution in [1.29, 1.82) is 0 Å². The van der Waals surface area contributed by atoms with Gasteiger partial charge in [0.15, 0.2) is 11.5 Å². The van der Waals surface area contributed by atoms with Crippen LogP contribution in [0, 0.1) is 13.8 Å². The predicted octanol–water partition coefficient (Wildman–Crippen LogP) is 2.24. The molecule has 2 aromatic rings. The Hall–Kier alpha value is -2.30. The highest BCUT2D eigenvalue weighted by atomic mass is 16.5. The summed E-state index contributed by atoms with van der Waals surface area (Å²) < 4.78 is 4.98. The molecular formula is C12H12N2O3. The maximum absolute atomic E-state index is 10.7. The van der Waals surface area contributed by atoms with Gasteiger partial charge in [-0.2, -0.15) is 0 Å². The first-order valence-corrected chi connectivity index (χ1v) is 5.06. The Balaban J connectivity index is 2.49. The summed E-state index contributed by atoms with van der Waals surface area (Å²) in [6.07, 6.45) is 0. The Bertz CT molecular complexity index is 564. The van der Waals surface area contributed by atoms with E-state index in [4.69, 9.17) is 15.4 Å². The minimum absolute atomic E-state index is 0.114. The van der Waals surface area contributed by atoms with Gasteiger partial charge in [0.2, 0.25) is 0 Å². The molecular weight excluding hydrogens is 220 g/mol. The van der Waals surface area contributed by atoms with Crippen LogP contribution in [-0.2, 0) is 0 Å². The van der Waals surface area contributed by atoms with Gasteiger partial charge in [-0.15, -0.1) is 0 Å². The van der Waals surface area contributed by atoms with Gasteiger partial charge in [0.05, 0.1) is 0 Å². The molecule has 17 heavy (non-hydrogen) atoms. The number of hydrogen-bond donors (Lipinski definition) is 2. The fourth-order valence-electron chi connectivity index (χ4n) is 1.54. The molecule has 1 heterocycles. The van der Waals surface area contributed by atoms with Crippen LogP contribution in [0.2, 0.25) is 0 Å². The maximum Gasteiger partial charge on any atom is 0.358 e. The SMILES string of the molecule is Cc1cc(-c2cc(C(=O)O)no2)cc(N)c1C. The highest BCUT2D eigenvalue weighted by molar-refractivity contribution is 5.86. The second-order valence-corrected chi connectivity index (χ2v) is 3.89. The number of carboxylic acids is 1. The van der Waals surface area contributed by atoms with Crippen LogP contribution < -0.4 is 5.73 Å². The lowest BCUT2D eigenvalue weighted by Gasteiger charge is -2.06. The first-order chi connectivity index (χ1) is 7.99. The Morgan fingerprint density at radius 1 is 1.35 bits per heavy atom. The van der Waals surface area contributed by atoms with E-state index in [1.165, 1.54) is 6.07 Å². The fraction of sp³-hybridized carbons (Fsp3) is 0.167. The third-order valence-corrected chi connectivity index (χ3v) is 2.72. The van der Waals surface area contributed by atoms with Crippen molar-refractivity contribution in [3.8, 4) is 11.3 Å². The molecule has 1 aromatic heterocycles. The Morgan fingerprint density at radius 2 is 2.06 bits per heavy atom. The number of rotatable bonds is 2. The molecule has 5 heteroatoms. The predicted molar refractivity (Wildman–Crippen MR) is 62.8 cm³/mol. The Labute approximate surface area is 97.8 Å². The van der Waals surface area contributed by atoms with Gasteiger partial charge in [-0.3, -0.25) is 0 Å². The first kappa shape index (κ1) is 11.2. The molecule has 0 atom stereocenters. The standard InChI is InChI=1S/C12H12N2O3/c1-6-3-8(4-9(13)7(6)2)11-5-10(12(15)16)14-17-11/h3-5H,13H2,1-2H3,(H,15,16). The zero-order valence-corrected chi connectivity index (χ0v) is 9.52. The van der Waals surface area contributed by atoms with Crippen molar-refractivity contribution in [3.63, 3.8) is 0 Å². The molecule has 0 unspecified atom stereocenters. The van der Waals surface area contributed by atoms with Crippen LogP contribution in [0.5, 0.6) is 0 Å². The number of benzene rings is 1. The van der Waals surface area contributed by atoms with Crippen LogP contribution in [0.4, 0.5) is 5.69 Å². The molecule has 1 aromatic carbocycles. The van der Waals surface area contributed by atoms with E-state index in [-0.39, 0.29) is 5.69 Å². The molecule has 88 valence electrons. The van der Waals surface area contributed by atoms with Crippen LogP contribution in [0.3, 0.4) is 0 Å². The van der Waals surface area contributed by atoms with E-state index < -0.39 is 5.97 Å². The Morgan fingerprint density at radius 3 is 2.59 bits per heavy atom. The minimum Gasteiger partial charge on any atom is -0.476 e. The summed E-state index contributed by atoms with van der Waals surface area (Å²) >= 11 is 0. The quantitative estimate of drug-likeness (QED) is 0.775. The molecule has 0 amide bonds. The zero-order chi connectivity index (χ0) is 12.6. The minimum atomic E-state index is -1.11. The van der Waals surface area contributed by atoms with E-state index in [0.717, 1.165) is 16.7 Å². The number of aromatic nitrogens is 1. The monoisotopic (exact) mass is 232 g/mol. The maximum atomic E-state index is 10.7. The molecule has 0 spiro atoms. The van der Waals surface area contributed by atoms with E-state index in [9.17, 15) is 4.79 Å². The first-order valence-electron chi connectivity index (χ1n) is 5.06. The summed E-state index contributed by atoms with van der Waals surface area (Å²) in [7, 11) is 0. The van der Waals surface area contributed by atoms with E-state index in [1.807, 2.05) is 19.9 Å². The van der Waals surface area contributed by atoms with Gasteiger partial charge in [-0.1, -0.05) is 5.16 Å². The van der Waals surface area contributed by atoms with Crippen molar-refractivity contribution in [2.24, 2.45) is 0 Å². The number of carbonyl (C=O) groups is 1. The van der Waals surface area contributed by atoms with Gasteiger partial charge in [0.1, 0.15) is 0 Å². The highest BCUT2D eigenvalue weighted by Crippen LogP contribution is 2.27. The van der Waals surface area contributed by atoms with Crippen molar-refractivity contribution in [2.75, 3.05) is 5.73 Å². The summed E-state index contributed by atoms with van der Waals surface area (Å²) in [6, 6.07) is 5.01. The number of nitrogens with zero attached hydrogens (tertiary/aromatic N) is 1. The van der Waals surface area contributed by atoms with Gasteiger partial charge in [-0.25, -0.2) is 4.79 Å². The molecule has 0 aliphatic rings. The summed E-state index contributed by atoms with van der Waals surface area (Å²) in [4.78, 5) is 10.7. The van der Waals surface area contributed by atoms with Crippen LogP contribution in [0.25, 0.3) is 11.3 Å². The van der Waals surface area contributed by atoms with Crippen molar-refractivity contribution < 1.29 is 14.4 Å². The Kier molecular flexibility index (Phi) is 2.59. The van der Waals surface area contributed by atoms with Gasteiger partial charge >= 0.3 is 5.97 Å². The second-order valence-electron chi connectivity index (χ2n) is 3.89. The topological polar surface area (TPSA) is 89.3 Å². The highest BCUT2D eigenvalue weighted by Gasteiger charge is 2.13. The van der Waals surface area contributed by atoms with Gasteiger partial charge < -0.3 is 15.4 Å². The summed E-state index contributed by atoms with van der Waals surface area (Å²) in [5.41, 5.74) is 9.13. The molecule has 2 rings (SSSR count). The van der Waals surface area contributed by atoms with Crippen molar-refractivity contribution in [2.45, 2.75) is 13.8 Å². The average Bonchev–Trinajstić information content (AvgIpc) is 2.74.